The van der Waals surface area contributed by atoms with Crippen LogP contribution in [0.25, 0.3) is 0 Å². The number of anilines is 1. The molecule has 3 rings (SSSR count). The molecule has 1 atom stereocenters. The third-order valence-electron chi connectivity index (χ3n) is 5.08. The Labute approximate surface area is 203 Å². The second-order valence-electron chi connectivity index (χ2n) is 7.12. The van der Waals surface area contributed by atoms with Gasteiger partial charge in [-0.15, -0.1) is 24.0 Å². The third-order valence-corrected chi connectivity index (χ3v) is 5.08. The summed E-state index contributed by atoms with van der Waals surface area (Å²) in [6.07, 6.45) is 0.838. The smallest absolute Gasteiger partial charge is 0.387 e. The zero-order valence-electron chi connectivity index (χ0n) is 18.0. The highest BCUT2D eigenvalue weighted by molar-refractivity contribution is 14.0. The molecule has 1 amide bonds. The molecule has 1 unspecified atom stereocenters. The van der Waals surface area contributed by atoms with Crippen molar-refractivity contribution in [1.82, 2.24) is 16.0 Å². The van der Waals surface area contributed by atoms with Gasteiger partial charge in [0.2, 0.25) is 0 Å². The molecule has 1 heterocycles. The zero-order chi connectivity index (χ0) is 22.2. The van der Waals surface area contributed by atoms with E-state index in [4.69, 9.17) is 0 Å². The third kappa shape index (κ3) is 6.94. The average molecular weight is 559 g/mol. The molecule has 1 aliphatic rings. The second kappa shape index (κ2) is 12.4. The number of nitrogens with one attached hydrogen (secondary N) is 3. The standard InChI is InChI=1S/C22H27F2N5O2.HI/c1-25-20(30)16-9-7-15(8-10-16)13-27-22(26-2)28-17-11-12-29(14-17)18-5-3-4-6-19(18)31-21(23)24;/h3-10,17,21H,11-14H2,1-2H3,(H,25,30)(H2,26,27,28);1H. The number of amides is 1. The Morgan fingerprint density at radius 3 is 2.59 bits per heavy atom. The van der Waals surface area contributed by atoms with Crippen molar-refractivity contribution in [2.24, 2.45) is 4.99 Å². The van der Waals surface area contributed by atoms with E-state index in [-0.39, 0.29) is 41.7 Å². The van der Waals surface area contributed by atoms with Crippen molar-refractivity contribution in [3.63, 3.8) is 0 Å². The van der Waals surface area contributed by atoms with Gasteiger partial charge in [-0.3, -0.25) is 9.79 Å². The Kier molecular flexibility index (Phi) is 9.95. The maximum atomic E-state index is 12.7. The fourth-order valence-electron chi connectivity index (χ4n) is 3.50. The van der Waals surface area contributed by atoms with E-state index in [2.05, 4.69) is 25.7 Å². The Morgan fingerprint density at radius 2 is 1.94 bits per heavy atom. The lowest BCUT2D eigenvalue weighted by Gasteiger charge is -2.22. The molecule has 32 heavy (non-hydrogen) atoms. The molecule has 1 aliphatic heterocycles. The van der Waals surface area contributed by atoms with Gasteiger partial charge < -0.3 is 25.6 Å². The first-order chi connectivity index (χ1) is 15.0. The molecule has 0 radical (unpaired) electrons. The number of nitrogens with zero attached hydrogens (tertiary/aromatic N) is 2. The van der Waals surface area contributed by atoms with Crippen molar-refractivity contribution < 1.29 is 18.3 Å². The summed E-state index contributed by atoms with van der Waals surface area (Å²) in [4.78, 5) is 17.9. The van der Waals surface area contributed by atoms with Crippen LogP contribution >= 0.6 is 24.0 Å². The number of halogens is 3. The number of alkyl halides is 2. The van der Waals surface area contributed by atoms with Gasteiger partial charge in [0.25, 0.3) is 5.91 Å². The van der Waals surface area contributed by atoms with E-state index in [9.17, 15) is 13.6 Å². The van der Waals surface area contributed by atoms with Crippen molar-refractivity contribution in [2.45, 2.75) is 25.6 Å². The van der Waals surface area contributed by atoms with E-state index in [1.165, 1.54) is 0 Å². The molecule has 7 nitrogen and oxygen atoms in total. The molecule has 0 aromatic heterocycles. The van der Waals surface area contributed by atoms with Gasteiger partial charge in [-0.05, 0) is 36.2 Å². The van der Waals surface area contributed by atoms with E-state index in [1.807, 2.05) is 23.1 Å². The number of guanidine groups is 1. The number of ether oxygens (including phenoxy) is 1. The number of carbonyl (C=O) groups excluding carboxylic acids is 1. The molecule has 2 aromatic carbocycles. The summed E-state index contributed by atoms with van der Waals surface area (Å²) in [6.45, 7) is -0.939. The van der Waals surface area contributed by atoms with Crippen molar-refractivity contribution in [3.8, 4) is 5.75 Å². The largest absolute Gasteiger partial charge is 0.433 e. The predicted octanol–water partition coefficient (Wildman–Crippen LogP) is 3.21. The normalized spacial score (nSPS) is 15.8. The lowest BCUT2D eigenvalue weighted by molar-refractivity contribution is -0.0495. The molecular weight excluding hydrogens is 531 g/mol. The van der Waals surface area contributed by atoms with Gasteiger partial charge in [0.15, 0.2) is 5.96 Å². The fourth-order valence-corrected chi connectivity index (χ4v) is 3.50. The van der Waals surface area contributed by atoms with Crippen LogP contribution in [0.15, 0.2) is 53.5 Å². The van der Waals surface area contributed by atoms with Crippen LogP contribution in [0.3, 0.4) is 0 Å². The molecular formula is C22H28F2IN5O2. The number of rotatable bonds is 7. The zero-order valence-corrected chi connectivity index (χ0v) is 20.3. The highest BCUT2D eigenvalue weighted by Gasteiger charge is 2.26. The van der Waals surface area contributed by atoms with Crippen LogP contribution < -0.4 is 25.6 Å². The summed E-state index contributed by atoms with van der Waals surface area (Å²) in [5.41, 5.74) is 2.28. The second-order valence-corrected chi connectivity index (χ2v) is 7.12. The first kappa shape index (κ1) is 25.6. The number of hydrogen-bond acceptors (Lipinski definition) is 4. The molecule has 0 aliphatic carbocycles. The van der Waals surface area contributed by atoms with Crippen LogP contribution in [0.2, 0.25) is 0 Å². The Morgan fingerprint density at radius 1 is 1.22 bits per heavy atom. The predicted molar refractivity (Wildman–Crippen MR) is 132 cm³/mol. The van der Waals surface area contributed by atoms with E-state index >= 15 is 0 Å². The van der Waals surface area contributed by atoms with Crippen LogP contribution in [-0.4, -0.2) is 51.7 Å². The number of para-hydroxylation sites is 2. The van der Waals surface area contributed by atoms with Crippen molar-refractivity contribution >= 4 is 41.5 Å². The molecule has 0 saturated carbocycles. The lowest BCUT2D eigenvalue weighted by atomic mass is 10.1. The van der Waals surface area contributed by atoms with Gasteiger partial charge in [-0.2, -0.15) is 8.78 Å². The maximum Gasteiger partial charge on any atom is 0.387 e. The van der Waals surface area contributed by atoms with E-state index in [0.29, 0.717) is 30.3 Å². The van der Waals surface area contributed by atoms with Gasteiger partial charge in [0.1, 0.15) is 5.75 Å². The summed E-state index contributed by atoms with van der Waals surface area (Å²) >= 11 is 0. The topological polar surface area (TPSA) is 78.0 Å². The SMILES string of the molecule is CN=C(NCc1ccc(C(=O)NC)cc1)NC1CCN(c2ccccc2OC(F)F)C1.I. The maximum absolute atomic E-state index is 12.7. The van der Waals surface area contributed by atoms with Crippen LogP contribution in [0, 0.1) is 0 Å². The molecule has 10 heteroatoms. The lowest BCUT2D eigenvalue weighted by Crippen LogP contribution is -2.44. The molecule has 3 N–H and O–H groups in total. The minimum Gasteiger partial charge on any atom is -0.433 e. The monoisotopic (exact) mass is 559 g/mol. The van der Waals surface area contributed by atoms with Gasteiger partial charge >= 0.3 is 6.61 Å². The van der Waals surface area contributed by atoms with Gasteiger partial charge in [-0.25, -0.2) is 0 Å². The number of carbonyl (C=O) groups is 1. The summed E-state index contributed by atoms with van der Waals surface area (Å²) in [5, 5.41) is 9.24. The first-order valence-corrected chi connectivity index (χ1v) is 10.1. The highest BCUT2D eigenvalue weighted by atomic mass is 127. The van der Waals surface area contributed by atoms with Gasteiger partial charge in [-0.1, -0.05) is 24.3 Å². The fraction of sp³-hybridized carbons (Fsp3) is 0.364. The summed E-state index contributed by atoms with van der Waals surface area (Å²) in [7, 11) is 3.30. The van der Waals surface area contributed by atoms with Crippen LogP contribution in [0.4, 0.5) is 14.5 Å². The highest BCUT2D eigenvalue weighted by Crippen LogP contribution is 2.31. The number of hydrogen-bond donors (Lipinski definition) is 3. The minimum absolute atomic E-state index is 0. The van der Waals surface area contributed by atoms with E-state index in [0.717, 1.165) is 18.5 Å². The molecule has 0 spiro atoms. The minimum atomic E-state index is -2.86. The summed E-state index contributed by atoms with van der Waals surface area (Å²) in [5.74, 6) is 0.712. The molecule has 1 fully saturated rings. The molecule has 0 bridgehead atoms. The van der Waals surface area contributed by atoms with E-state index in [1.54, 1.807) is 44.4 Å². The number of aliphatic imine (C=N–C) groups is 1. The number of benzene rings is 2. The van der Waals surface area contributed by atoms with Crippen molar-refractivity contribution in [3.05, 3.63) is 59.7 Å². The molecule has 1 saturated heterocycles. The van der Waals surface area contributed by atoms with Crippen molar-refractivity contribution in [2.75, 3.05) is 32.1 Å². The van der Waals surface area contributed by atoms with Crippen molar-refractivity contribution in [1.29, 1.82) is 0 Å². The van der Waals surface area contributed by atoms with E-state index < -0.39 is 6.61 Å². The van der Waals surface area contributed by atoms with Crippen LogP contribution in [0.5, 0.6) is 5.75 Å². The molecule has 174 valence electrons. The van der Waals surface area contributed by atoms with Crippen LogP contribution in [0.1, 0.15) is 22.3 Å². The average Bonchev–Trinajstić information content (AvgIpc) is 3.24. The van der Waals surface area contributed by atoms with Gasteiger partial charge in [0.05, 0.1) is 5.69 Å². The summed E-state index contributed by atoms with van der Waals surface area (Å²) in [6, 6.07) is 14.3. The molecule has 2 aromatic rings. The quantitative estimate of drug-likeness (QED) is 0.276. The Bertz CT molecular complexity index is 911. The van der Waals surface area contributed by atoms with Crippen LogP contribution in [-0.2, 0) is 6.54 Å². The van der Waals surface area contributed by atoms with Gasteiger partial charge in [0, 0.05) is 45.3 Å². The first-order valence-electron chi connectivity index (χ1n) is 10.1. The Hall–Kier alpha value is -2.63. The Balaban J connectivity index is 0.00000363. The summed E-state index contributed by atoms with van der Waals surface area (Å²) < 4.78 is 30.0.